The second kappa shape index (κ2) is 11.0. The number of benzene rings is 7. The summed E-state index contributed by atoms with van der Waals surface area (Å²) in [7, 11) is 0. The molecular formula is C41H31N. The molecule has 42 heavy (non-hydrogen) atoms. The van der Waals surface area contributed by atoms with E-state index in [1.807, 2.05) is 6.07 Å². The maximum absolute atomic E-state index is 4.90. The largest absolute Gasteiger partial charge is 0.253 e. The normalized spacial score (nSPS) is 11.7. The molecule has 0 saturated heterocycles. The summed E-state index contributed by atoms with van der Waals surface area (Å²) in [6.45, 7) is 4.19. The van der Waals surface area contributed by atoms with E-state index in [4.69, 9.17) is 4.99 Å². The Morgan fingerprint density at radius 1 is 0.429 bits per heavy atom. The van der Waals surface area contributed by atoms with E-state index in [1.165, 1.54) is 60.5 Å². The molecule has 0 saturated carbocycles. The minimum Gasteiger partial charge on any atom is -0.253 e. The van der Waals surface area contributed by atoms with E-state index in [2.05, 4.69) is 159 Å². The Bertz CT molecular complexity index is 2070. The lowest BCUT2D eigenvalue weighted by Gasteiger charge is -2.18. The molecule has 7 rings (SSSR count). The van der Waals surface area contributed by atoms with Gasteiger partial charge in [0.25, 0.3) is 0 Å². The Labute approximate surface area is 247 Å². The quantitative estimate of drug-likeness (QED) is 0.153. The summed E-state index contributed by atoms with van der Waals surface area (Å²) in [6.07, 6.45) is 0. The fourth-order valence-corrected chi connectivity index (χ4v) is 6.03. The van der Waals surface area contributed by atoms with E-state index in [0.717, 1.165) is 17.0 Å². The van der Waals surface area contributed by atoms with Gasteiger partial charge in [0.05, 0.1) is 5.69 Å². The smallest absolute Gasteiger partial charge is 0.0662 e. The van der Waals surface area contributed by atoms with Crippen LogP contribution >= 0.6 is 0 Å². The van der Waals surface area contributed by atoms with Crippen molar-refractivity contribution in [2.75, 3.05) is 0 Å². The summed E-state index contributed by atoms with van der Waals surface area (Å²) in [5, 5.41) is 5.07. The zero-order chi connectivity index (χ0) is 28.5. The lowest BCUT2D eigenvalue weighted by molar-refractivity contribution is 1.38. The van der Waals surface area contributed by atoms with Crippen molar-refractivity contribution in [1.29, 1.82) is 0 Å². The highest BCUT2D eigenvalue weighted by Gasteiger charge is 2.17. The Balaban J connectivity index is 1.41. The summed E-state index contributed by atoms with van der Waals surface area (Å²) >= 11 is 0. The molecule has 0 bridgehead atoms. The first-order valence-corrected chi connectivity index (χ1v) is 14.5. The van der Waals surface area contributed by atoms with Crippen LogP contribution in [0.15, 0.2) is 157 Å². The van der Waals surface area contributed by atoms with Gasteiger partial charge in [0.2, 0.25) is 0 Å². The van der Waals surface area contributed by atoms with E-state index in [9.17, 15) is 0 Å². The first-order chi connectivity index (χ1) is 20.7. The van der Waals surface area contributed by atoms with Crippen molar-refractivity contribution in [3.8, 4) is 33.4 Å². The van der Waals surface area contributed by atoms with Gasteiger partial charge in [-0.15, -0.1) is 0 Å². The Hall–Kier alpha value is -5.27. The van der Waals surface area contributed by atoms with E-state index < -0.39 is 0 Å². The molecular weight excluding hydrogens is 506 g/mol. The van der Waals surface area contributed by atoms with Crippen molar-refractivity contribution in [3.63, 3.8) is 0 Å². The third-order valence-electron chi connectivity index (χ3n) is 8.19. The monoisotopic (exact) mass is 537 g/mol. The number of nitrogens with zero attached hydrogens (tertiary/aromatic N) is 1. The van der Waals surface area contributed by atoms with Gasteiger partial charge in [-0.25, -0.2) is 0 Å². The van der Waals surface area contributed by atoms with Crippen LogP contribution in [0.3, 0.4) is 0 Å². The number of rotatable bonds is 5. The van der Waals surface area contributed by atoms with Crippen molar-refractivity contribution < 1.29 is 0 Å². The zero-order valence-electron chi connectivity index (χ0n) is 23.9. The third-order valence-corrected chi connectivity index (χ3v) is 8.19. The van der Waals surface area contributed by atoms with Crippen LogP contribution in [0.1, 0.15) is 18.1 Å². The molecule has 0 fully saturated rings. The van der Waals surface area contributed by atoms with Crippen LogP contribution in [0.2, 0.25) is 0 Å². The predicted molar refractivity (Wildman–Crippen MR) is 181 cm³/mol. The first kappa shape index (κ1) is 25.7. The molecule has 1 nitrogen and oxygen atoms in total. The number of fused-ring (bicyclic) bond motifs is 2. The van der Waals surface area contributed by atoms with Crippen LogP contribution in [0.4, 0.5) is 5.69 Å². The molecule has 0 N–H and O–H groups in total. The highest BCUT2D eigenvalue weighted by Crippen LogP contribution is 2.44. The summed E-state index contributed by atoms with van der Waals surface area (Å²) < 4.78 is 0. The summed E-state index contributed by atoms with van der Waals surface area (Å²) in [6, 6.07) is 54.4. The molecule has 0 aliphatic carbocycles. The van der Waals surface area contributed by atoms with Crippen LogP contribution in [0.25, 0.3) is 54.9 Å². The predicted octanol–water partition coefficient (Wildman–Crippen LogP) is 11.4. The van der Waals surface area contributed by atoms with Gasteiger partial charge in [0.1, 0.15) is 0 Å². The number of para-hydroxylation sites is 1. The molecule has 0 amide bonds. The maximum atomic E-state index is 4.90. The van der Waals surface area contributed by atoms with Gasteiger partial charge in [-0.3, -0.25) is 4.99 Å². The summed E-state index contributed by atoms with van der Waals surface area (Å²) in [4.78, 5) is 4.90. The molecule has 0 aliphatic heterocycles. The average molecular weight is 538 g/mol. The van der Waals surface area contributed by atoms with E-state index >= 15 is 0 Å². The minimum absolute atomic E-state index is 1.01. The second-order valence-electron chi connectivity index (χ2n) is 10.8. The maximum Gasteiger partial charge on any atom is 0.0662 e. The number of hydrogen-bond acceptors (Lipinski definition) is 1. The van der Waals surface area contributed by atoms with Crippen molar-refractivity contribution in [2.45, 2.75) is 13.8 Å². The lowest BCUT2D eigenvalue weighted by atomic mass is 9.85. The van der Waals surface area contributed by atoms with Gasteiger partial charge in [-0.2, -0.15) is 0 Å². The van der Waals surface area contributed by atoms with E-state index in [0.29, 0.717) is 0 Å². The van der Waals surface area contributed by atoms with Gasteiger partial charge >= 0.3 is 0 Å². The van der Waals surface area contributed by atoms with Crippen molar-refractivity contribution in [2.24, 2.45) is 4.99 Å². The summed E-state index contributed by atoms with van der Waals surface area (Å²) in [5.74, 6) is 0. The van der Waals surface area contributed by atoms with Crippen molar-refractivity contribution in [3.05, 3.63) is 163 Å². The van der Waals surface area contributed by atoms with Gasteiger partial charge in [-0.1, -0.05) is 140 Å². The zero-order valence-corrected chi connectivity index (χ0v) is 23.9. The molecule has 7 aromatic rings. The Morgan fingerprint density at radius 3 is 1.55 bits per heavy atom. The molecule has 0 aliphatic rings. The molecule has 7 aromatic carbocycles. The number of aliphatic imine (C=N–C) groups is 1. The molecule has 1 heteroatoms. The van der Waals surface area contributed by atoms with Crippen LogP contribution in [-0.2, 0) is 0 Å². The van der Waals surface area contributed by atoms with Gasteiger partial charge in [0, 0.05) is 5.71 Å². The lowest BCUT2D eigenvalue weighted by Crippen LogP contribution is -1.94. The topological polar surface area (TPSA) is 12.4 Å². The standard InChI is InChI=1S/C41H31N/c1-28-13-9-12-20-39(28)42-29(2)30-21-23-31(24-22-30)34-25-26-37-38(27-34)41(33-16-7-4-8-17-33)36-19-11-10-18-35(36)40(37)32-14-5-3-6-15-32/h3-27H,1-2H3. The first-order valence-electron chi connectivity index (χ1n) is 14.5. The molecule has 0 atom stereocenters. The molecule has 0 radical (unpaired) electrons. The second-order valence-corrected chi connectivity index (χ2v) is 10.8. The van der Waals surface area contributed by atoms with Crippen LogP contribution in [0.5, 0.6) is 0 Å². The van der Waals surface area contributed by atoms with E-state index in [-0.39, 0.29) is 0 Å². The molecule has 0 spiro atoms. The van der Waals surface area contributed by atoms with Crippen LogP contribution < -0.4 is 0 Å². The average Bonchev–Trinajstić information content (AvgIpc) is 3.05. The molecule has 0 heterocycles. The highest BCUT2D eigenvalue weighted by atomic mass is 14.7. The molecule has 0 unspecified atom stereocenters. The fourth-order valence-electron chi connectivity index (χ4n) is 6.03. The molecule has 200 valence electrons. The van der Waals surface area contributed by atoms with Crippen LogP contribution in [0, 0.1) is 6.92 Å². The number of hydrogen-bond donors (Lipinski definition) is 0. The van der Waals surface area contributed by atoms with Gasteiger partial charge in [0.15, 0.2) is 0 Å². The van der Waals surface area contributed by atoms with Crippen molar-refractivity contribution in [1.82, 2.24) is 0 Å². The van der Waals surface area contributed by atoms with Gasteiger partial charge in [-0.05, 0) is 92.0 Å². The minimum atomic E-state index is 1.01. The SMILES string of the molecule is CC(=Nc1ccccc1C)c1ccc(-c2ccc3c(-c4ccccc4)c4ccccc4c(-c4ccccc4)c3c2)cc1. The molecule has 0 aromatic heterocycles. The van der Waals surface area contributed by atoms with Gasteiger partial charge < -0.3 is 0 Å². The highest BCUT2D eigenvalue weighted by molar-refractivity contribution is 6.22. The Kier molecular flexibility index (Phi) is 6.70. The number of aryl methyl sites for hydroxylation is 1. The Morgan fingerprint density at radius 2 is 0.929 bits per heavy atom. The third kappa shape index (κ3) is 4.70. The van der Waals surface area contributed by atoms with E-state index in [1.54, 1.807) is 0 Å². The summed E-state index contributed by atoms with van der Waals surface area (Å²) in [5.41, 5.74) is 11.8. The van der Waals surface area contributed by atoms with Crippen molar-refractivity contribution >= 4 is 32.9 Å². The fraction of sp³-hybridized carbons (Fsp3) is 0.0488. The van der Waals surface area contributed by atoms with Crippen LogP contribution in [-0.4, -0.2) is 5.71 Å².